The minimum atomic E-state index is 0.371. The average molecular weight is 264 g/mol. The second kappa shape index (κ2) is 7.06. The van der Waals surface area contributed by atoms with E-state index in [0.29, 0.717) is 12.1 Å². The molecule has 2 rings (SSSR count). The summed E-state index contributed by atoms with van der Waals surface area (Å²) in [5, 5.41) is 4.71. The van der Waals surface area contributed by atoms with Crippen LogP contribution in [0.1, 0.15) is 64.1 Å². The molecule has 1 aliphatic carbocycles. The maximum absolute atomic E-state index is 5.68. The van der Waals surface area contributed by atoms with Gasteiger partial charge in [0.25, 0.3) is 0 Å². The molecule has 1 aromatic heterocycles. The van der Waals surface area contributed by atoms with Gasteiger partial charge in [0.1, 0.15) is 0 Å². The van der Waals surface area contributed by atoms with Crippen molar-refractivity contribution in [2.24, 2.45) is 11.8 Å². The number of rotatable bonds is 8. The Labute approximate surface area is 116 Å². The highest BCUT2D eigenvalue weighted by molar-refractivity contribution is 5.02. The molecule has 19 heavy (non-hydrogen) atoms. The molecule has 1 fully saturated rings. The molecule has 0 spiro atoms. The Morgan fingerprint density at radius 3 is 2.68 bits per heavy atom. The molecule has 0 saturated heterocycles. The van der Waals surface area contributed by atoms with Crippen molar-refractivity contribution in [2.75, 3.05) is 0 Å². The van der Waals surface area contributed by atoms with Gasteiger partial charge < -0.3 is 0 Å². The van der Waals surface area contributed by atoms with Crippen molar-refractivity contribution in [3.05, 3.63) is 18.0 Å². The van der Waals surface area contributed by atoms with Gasteiger partial charge in [0, 0.05) is 18.7 Å². The molecule has 0 bridgehead atoms. The summed E-state index contributed by atoms with van der Waals surface area (Å²) < 4.78 is 2.12. The summed E-state index contributed by atoms with van der Waals surface area (Å²) in [4.78, 5) is 0. The van der Waals surface area contributed by atoms with Crippen molar-refractivity contribution in [1.82, 2.24) is 15.2 Å². The Bertz CT molecular complexity index is 366. The Kier molecular flexibility index (Phi) is 5.40. The predicted octanol–water partition coefficient (Wildman–Crippen LogP) is 2.81. The van der Waals surface area contributed by atoms with Crippen LogP contribution in [0.5, 0.6) is 0 Å². The summed E-state index contributed by atoms with van der Waals surface area (Å²) in [7, 11) is 0. The normalized spacial score (nSPS) is 17.7. The third-order valence-electron chi connectivity index (χ3n) is 4.51. The number of nitrogens with one attached hydrogen (secondary N) is 1. The van der Waals surface area contributed by atoms with Crippen LogP contribution in [0.25, 0.3) is 0 Å². The minimum absolute atomic E-state index is 0.371. The Morgan fingerprint density at radius 1 is 1.42 bits per heavy atom. The van der Waals surface area contributed by atoms with Gasteiger partial charge in [-0.15, -0.1) is 0 Å². The van der Waals surface area contributed by atoms with Crippen LogP contribution < -0.4 is 11.3 Å². The highest BCUT2D eigenvalue weighted by Gasteiger charge is 2.22. The van der Waals surface area contributed by atoms with Gasteiger partial charge in [0.15, 0.2) is 0 Å². The summed E-state index contributed by atoms with van der Waals surface area (Å²) >= 11 is 0. The molecule has 0 aliphatic heterocycles. The zero-order valence-electron chi connectivity index (χ0n) is 12.3. The van der Waals surface area contributed by atoms with Crippen LogP contribution in [0, 0.1) is 5.92 Å². The number of hydrogen-bond donors (Lipinski definition) is 2. The molecule has 1 heterocycles. The van der Waals surface area contributed by atoms with Crippen molar-refractivity contribution in [3.63, 3.8) is 0 Å². The van der Waals surface area contributed by atoms with E-state index < -0.39 is 0 Å². The van der Waals surface area contributed by atoms with Crippen LogP contribution in [0.15, 0.2) is 12.3 Å². The van der Waals surface area contributed by atoms with E-state index in [4.69, 9.17) is 10.9 Å². The largest absolute Gasteiger partial charge is 0.271 e. The molecule has 1 atom stereocenters. The van der Waals surface area contributed by atoms with Crippen LogP contribution in [0.2, 0.25) is 0 Å². The van der Waals surface area contributed by atoms with Crippen molar-refractivity contribution >= 4 is 0 Å². The van der Waals surface area contributed by atoms with Gasteiger partial charge >= 0.3 is 0 Å². The number of nitrogens with zero attached hydrogens (tertiary/aromatic N) is 2. The van der Waals surface area contributed by atoms with Gasteiger partial charge in [-0.2, -0.15) is 5.10 Å². The van der Waals surface area contributed by atoms with E-state index in [9.17, 15) is 0 Å². The van der Waals surface area contributed by atoms with Crippen molar-refractivity contribution in [2.45, 2.75) is 70.9 Å². The third-order valence-corrected chi connectivity index (χ3v) is 4.51. The first kappa shape index (κ1) is 14.5. The lowest BCUT2D eigenvalue weighted by Crippen LogP contribution is -2.39. The lowest BCUT2D eigenvalue weighted by molar-refractivity contribution is 0.258. The van der Waals surface area contributed by atoms with Crippen LogP contribution >= 0.6 is 0 Å². The molecular weight excluding hydrogens is 236 g/mol. The van der Waals surface area contributed by atoms with Gasteiger partial charge in [-0.05, 0) is 31.2 Å². The van der Waals surface area contributed by atoms with E-state index >= 15 is 0 Å². The van der Waals surface area contributed by atoms with E-state index in [1.54, 1.807) is 0 Å². The van der Waals surface area contributed by atoms with Crippen LogP contribution in [0.4, 0.5) is 0 Å². The molecule has 1 unspecified atom stereocenters. The lowest BCUT2D eigenvalue weighted by atomic mass is 9.80. The van der Waals surface area contributed by atoms with E-state index in [2.05, 4.69) is 36.2 Å². The molecule has 0 radical (unpaired) electrons. The molecular formula is C15H28N4. The molecule has 1 aliphatic rings. The van der Waals surface area contributed by atoms with Crippen LogP contribution in [-0.4, -0.2) is 15.8 Å². The Hall–Kier alpha value is -0.870. The summed E-state index contributed by atoms with van der Waals surface area (Å²) in [5.41, 5.74) is 4.13. The zero-order chi connectivity index (χ0) is 13.7. The summed E-state index contributed by atoms with van der Waals surface area (Å²) in [6.07, 6.45) is 10.7. The molecule has 0 amide bonds. The first-order valence-corrected chi connectivity index (χ1v) is 7.76. The monoisotopic (exact) mass is 264 g/mol. The fraction of sp³-hybridized carbons (Fsp3) is 0.800. The topological polar surface area (TPSA) is 55.9 Å². The van der Waals surface area contributed by atoms with Gasteiger partial charge in [0.2, 0.25) is 0 Å². The zero-order valence-corrected chi connectivity index (χ0v) is 12.3. The first-order valence-electron chi connectivity index (χ1n) is 7.76. The minimum Gasteiger partial charge on any atom is -0.271 e. The molecule has 1 aromatic rings. The van der Waals surface area contributed by atoms with Gasteiger partial charge in [-0.25, -0.2) is 0 Å². The number of nitrogens with two attached hydrogens (primary N) is 1. The fourth-order valence-corrected chi connectivity index (χ4v) is 2.95. The second-order valence-corrected chi connectivity index (χ2v) is 5.86. The fourth-order valence-electron chi connectivity index (χ4n) is 2.95. The predicted molar refractivity (Wildman–Crippen MR) is 78.6 cm³/mol. The smallest absolute Gasteiger partial charge is 0.0640 e. The first-order chi connectivity index (χ1) is 9.26. The van der Waals surface area contributed by atoms with E-state index in [1.807, 2.05) is 0 Å². The standard InChI is InChI=1S/C15H28N4/c1-3-15(4-2)19-9-8-13(18-19)11-14(17-16)10-12-6-5-7-12/h8-9,12,14-15,17H,3-7,10-11,16H2,1-2H3. The van der Waals surface area contributed by atoms with E-state index in [1.165, 1.54) is 25.7 Å². The molecule has 108 valence electrons. The Morgan fingerprint density at radius 2 is 2.16 bits per heavy atom. The van der Waals surface area contributed by atoms with E-state index in [-0.39, 0.29) is 0 Å². The SMILES string of the molecule is CCC(CC)n1ccc(CC(CC2CCC2)NN)n1. The van der Waals surface area contributed by atoms with Gasteiger partial charge in [-0.1, -0.05) is 33.1 Å². The number of hydrazine groups is 1. The third kappa shape index (κ3) is 3.80. The van der Waals surface area contributed by atoms with Crippen molar-refractivity contribution in [3.8, 4) is 0 Å². The van der Waals surface area contributed by atoms with Crippen LogP contribution in [-0.2, 0) is 6.42 Å². The second-order valence-electron chi connectivity index (χ2n) is 5.86. The van der Waals surface area contributed by atoms with Gasteiger partial charge in [0.05, 0.1) is 11.7 Å². The summed E-state index contributed by atoms with van der Waals surface area (Å²) in [6.45, 7) is 4.44. The van der Waals surface area contributed by atoms with E-state index in [0.717, 1.165) is 30.9 Å². The molecule has 0 aromatic carbocycles. The maximum Gasteiger partial charge on any atom is 0.0640 e. The molecule has 4 heteroatoms. The van der Waals surface area contributed by atoms with Crippen molar-refractivity contribution in [1.29, 1.82) is 0 Å². The molecule has 1 saturated carbocycles. The number of aromatic nitrogens is 2. The van der Waals surface area contributed by atoms with Crippen molar-refractivity contribution < 1.29 is 0 Å². The highest BCUT2D eigenvalue weighted by Crippen LogP contribution is 2.30. The number of hydrogen-bond acceptors (Lipinski definition) is 3. The van der Waals surface area contributed by atoms with Crippen LogP contribution in [0.3, 0.4) is 0 Å². The highest BCUT2D eigenvalue weighted by atomic mass is 15.3. The molecule has 3 N–H and O–H groups in total. The average Bonchev–Trinajstić information content (AvgIpc) is 2.82. The molecule has 4 nitrogen and oxygen atoms in total. The summed E-state index contributed by atoms with van der Waals surface area (Å²) in [6, 6.07) is 3.05. The lowest BCUT2D eigenvalue weighted by Gasteiger charge is -2.29. The Balaban J connectivity index is 1.89. The summed E-state index contributed by atoms with van der Waals surface area (Å²) in [5.74, 6) is 6.56. The van der Waals surface area contributed by atoms with Gasteiger partial charge in [-0.3, -0.25) is 16.0 Å². The maximum atomic E-state index is 5.68. The quantitative estimate of drug-likeness (QED) is 0.561.